The summed E-state index contributed by atoms with van der Waals surface area (Å²) in [6.45, 7) is 8.87. The Morgan fingerprint density at radius 3 is 2.14 bits per heavy atom. The fraction of sp³-hybridized carbons (Fsp3) is 0.800. The van der Waals surface area contributed by atoms with Gasteiger partial charge >= 0.3 is 6.09 Å². The highest BCUT2D eigenvalue weighted by molar-refractivity contribution is 5.89. The van der Waals surface area contributed by atoms with Crippen LogP contribution in [0.25, 0.3) is 0 Å². The van der Waals surface area contributed by atoms with E-state index in [9.17, 15) is 14.4 Å². The van der Waals surface area contributed by atoms with Crippen LogP contribution in [0.2, 0.25) is 0 Å². The van der Waals surface area contributed by atoms with E-state index < -0.39 is 17.2 Å². The molecule has 0 aromatic heterocycles. The van der Waals surface area contributed by atoms with Gasteiger partial charge in [0.25, 0.3) is 0 Å². The Balaban J connectivity index is 2.34. The van der Waals surface area contributed by atoms with E-state index in [-0.39, 0.29) is 30.6 Å². The van der Waals surface area contributed by atoms with Crippen molar-refractivity contribution in [2.24, 2.45) is 5.92 Å². The van der Waals surface area contributed by atoms with E-state index in [2.05, 4.69) is 10.6 Å². The van der Waals surface area contributed by atoms with E-state index in [0.29, 0.717) is 0 Å². The maximum Gasteiger partial charge on any atom is 0.408 e. The summed E-state index contributed by atoms with van der Waals surface area (Å²) in [6.07, 6.45) is 1.39. The standard InChI is InChI=1S/C15H26N2O4/c1-14(2,3)21-13(20)17-15(4,5)8-12(19)16-9-11(18)10-6-7-10/h10H,6-9H2,1-5H3,(H,16,19)(H,17,20). The van der Waals surface area contributed by atoms with Crippen LogP contribution in [-0.2, 0) is 14.3 Å². The minimum Gasteiger partial charge on any atom is -0.444 e. The molecule has 120 valence electrons. The van der Waals surface area contributed by atoms with Crippen molar-refractivity contribution >= 4 is 17.8 Å². The number of hydrogen-bond acceptors (Lipinski definition) is 4. The molecule has 1 saturated carbocycles. The zero-order valence-corrected chi connectivity index (χ0v) is 13.5. The Labute approximate surface area is 126 Å². The number of amides is 2. The molecule has 2 N–H and O–H groups in total. The van der Waals surface area contributed by atoms with E-state index >= 15 is 0 Å². The number of alkyl carbamates (subject to hydrolysis) is 1. The Kier molecular flexibility index (Phi) is 5.36. The van der Waals surface area contributed by atoms with Crippen molar-refractivity contribution < 1.29 is 19.1 Å². The van der Waals surface area contributed by atoms with Gasteiger partial charge in [-0.2, -0.15) is 0 Å². The minimum atomic E-state index is -0.741. The van der Waals surface area contributed by atoms with Crippen molar-refractivity contribution in [2.75, 3.05) is 6.54 Å². The molecule has 0 atom stereocenters. The maximum absolute atomic E-state index is 11.8. The third kappa shape index (κ3) is 7.68. The first-order valence-corrected chi connectivity index (χ1v) is 7.29. The van der Waals surface area contributed by atoms with Crippen LogP contribution >= 0.6 is 0 Å². The second kappa shape index (κ2) is 6.45. The molecule has 0 aliphatic heterocycles. The largest absolute Gasteiger partial charge is 0.444 e. The summed E-state index contributed by atoms with van der Waals surface area (Å²) in [5.74, 6) is -0.0375. The molecule has 1 fully saturated rings. The number of ether oxygens (including phenoxy) is 1. The smallest absolute Gasteiger partial charge is 0.408 e. The van der Waals surface area contributed by atoms with E-state index in [1.165, 1.54) is 0 Å². The summed E-state index contributed by atoms with van der Waals surface area (Å²) in [5, 5.41) is 5.26. The van der Waals surface area contributed by atoms with Crippen molar-refractivity contribution in [1.82, 2.24) is 10.6 Å². The Hall–Kier alpha value is -1.59. The molecule has 6 heteroatoms. The van der Waals surface area contributed by atoms with Gasteiger partial charge in [-0.05, 0) is 47.5 Å². The molecule has 21 heavy (non-hydrogen) atoms. The summed E-state index contributed by atoms with van der Waals surface area (Å²) in [5.41, 5.74) is -1.33. The van der Waals surface area contributed by atoms with Gasteiger partial charge < -0.3 is 15.4 Å². The Bertz CT molecular complexity index is 420. The fourth-order valence-electron chi connectivity index (χ4n) is 1.82. The average Bonchev–Trinajstić information content (AvgIpc) is 3.04. The van der Waals surface area contributed by atoms with Crippen LogP contribution in [0.3, 0.4) is 0 Å². The highest BCUT2D eigenvalue weighted by atomic mass is 16.6. The predicted octanol–water partition coefficient (Wildman–Crippen LogP) is 1.78. The second-order valence-electron chi connectivity index (χ2n) is 7.20. The number of hydrogen-bond donors (Lipinski definition) is 2. The van der Waals surface area contributed by atoms with Gasteiger partial charge in [0, 0.05) is 17.9 Å². The Morgan fingerprint density at radius 1 is 1.10 bits per heavy atom. The maximum atomic E-state index is 11.8. The first kappa shape index (κ1) is 17.5. The van der Waals surface area contributed by atoms with Crippen LogP contribution < -0.4 is 10.6 Å². The van der Waals surface area contributed by atoms with Crippen LogP contribution in [0.4, 0.5) is 4.79 Å². The number of nitrogens with one attached hydrogen (secondary N) is 2. The molecule has 0 bridgehead atoms. The minimum absolute atomic E-state index is 0.0754. The molecule has 0 heterocycles. The topological polar surface area (TPSA) is 84.5 Å². The van der Waals surface area contributed by atoms with Crippen molar-refractivity contribution in [3.63, 3.8) is 0 Å². The average molecular weight is 298 g/mol. The van der Waals surface area contributed by atoms with Crippen molar-refractivity contribution in [3.05, 3.63) is 0 Å². The van der Waals surface area contributed by atoms with E-state index in [1.54, 1.807) is 34.6 Å². The molecule has 6 nitrogen and oxygen atoms in total. The lowest BCUT2D eigenvalue weighted by Crippen LogP contribution is -2.48. The first-order valence-electron chi connectivity index (χ1n) is 7.29. The van der Waals surface area contributed by atoms with Crippen LogP contribution in [0.5, 0.6) is 0 Å². The number of rotatable bonds is 6. The molecule has 0 radical (unpaired) electrons. The molecule has 0 aromatic carbocycles. The van der Waals surface area contributed by atoms with E-state index in [4.69, 9.17) is 4.74 Å². The molecular formula is C15H26N2O4. The highest BCUT2D eigenvalue weighted by Gasteiger charge is 2.30. The second-order valence-corrected chi connectivity index (χ2v) is 7.20. The molecule has 0 spiro atoms. The number of carbonyl (C=O) groups is 3. The fourth-order valence-corrected chi connectivity index (χ4v) is 1.82. The molecule has 1 rings (SSSR count). The van der Waals surface area contributed by atoms with Crippen LogP contribution in [0.15, 0.2) is 0 Å². The van der Waals surface area contributed by atoms with Crippen LogP contribution in [0, 0.1) is 5.92 Å². The third-order valence-corrected chi connectivity index (χ3v) is 2.93. The van der Waals surface area contributed by atoms with Gasteiger partial charge in [-0.25, -0.2) is 4.79 Å². The molecule has 0 saturated heterocycles. The molecular weight excluding hydrogens is 272 g/mol. The zero-order valence-electron chi connectivity index (χ0n) is 13.5. The summed E-state index contributed by atoms with van der Waals surface area (Å²) in [6, 6.07) is 0. The molecule has 0 unspecified atom stereocenters. The van der Waals surface area contributed by atoms with Gasteiger partial charge in [0.2, 0.25) is 5.91 Å². The van der Waals surface area contributed by atoms with E-state index in [1.807, 2.05) is 0 Å². The van der Waals surface area contributed by atoms with Gasteiger partial charge in [0.05, 0.1) is 6.54 Å². The van der Waals surface area contributed by atoms with Crippen molar-refractivity contribution in [3.8, 4) is 0 Å². The summed E-state index contributed by atoms with van der Waals surface area (Å²) in [7, 11) is 0. The van der Waals surface area contributed by atoms with Crippen molar-refractivity contribution in [1.29, 1.82) is 0 Å². The first-order chi connectivity index (χ1) is 9.48. The van der Waals surface area contributed by atoms with Gasteiger partial charge in [-0.15, -0.1) is 0 Å². The van der Waals surface area contributed by atoms with Gasteiger partial charge in [0.1, 0.15) is 5.60 Å². The normalized spacial score (nSPS) is 15.3. The zero-order chi connectivity index (χ0) is 16.3. The van der Waals surface area contributed by atoms with Gasteiger partial charge in [-0.1, -0.05) is 0 Å². The summed E-state index contributed by atoms with van der Waals surface area (Å²) >= 11 is 0. The van der Waals surface area contributed by atoms with Gasteiger partial charge in [-0.3, -0.25) is 9.59 Å². The third-order valence-electron chi connectivity index (χ3n) is 2.93. The Morgan fingerprint density at radius 2 is 1.67 bits per heavy atom. The highest BCUT2D eigenvalue weighted by Crippen LogP contribution is 2.29. The summed E-state index contributed by atoms with van der Waals surface area (Å²) in [4.78, 5) is 35.0. The number of carbonyl (C=O) groups excluding carboxylic acids is 3. The summed E-state index contributed by atoms with van der Waals surface area (Å²) < 4.78 is 5.16. The van der Waals surface area contributed by atoms with Crippen LogP contribution in [0.1, 0.15) is 53.9 Å². The lowest BCUT2D eigenvalue weighted by atomic mass is 10.0. The quantitative estimate of drug-likeness (QED) is 0.782. The van der Waals surface area contributed by atoms with Crippen LogP contribution in [-0.4, -0.2) is 35.5 Å². The molecule has 2 amide bonds. The number of Topliss-reactive ketones (excluding diaryl/α,β-unsaturated/α-hetero) is 1. The molecule has 1 aliphatic rings. The SMILES string of the molecule is CC(C)(CC(=O)NCC(=O)C1CC1)NC(=O)OC(C)(C)C. The monoisotopic (exact) mass is 298 g/mol. The molecule has 0 aromatic rings. The number of ketones is 1. The predicted molar refractivity (Wildman–Crippen MR) is 78.8 cm³/mol. The van der Waals surface area contributed by atoms with Crippen molar-refractivity contribution in [2.45, 2.75) is 65.0 Å². The lowest BCUT2D eigenvalue weighted by Gasteiger charge is -2.28. The lowest BCUT2D eigenvalue weighted by molar-refractivity contribution is -0.126. The van der Waals surface area contributed by atoms with Gasteiger partial charge in [0.15, 0.2) is 5.78 Å². The molecule has 1 aliphatic carbocycles. The van der Waals surface area contributed by atoms with E-state index in [0.717, 1.165) is 12.8 Å².